The number of fused-ring (bicyclic) bond motifs is 4. The van der Waals surface area contributed by atoms with Gasteiger partial charge in [-0.3, -0.25) is 18.8 Å². The molecule has 1 aliphatic carbocycles. The number of thiol groups is 2. The maximum atomic E-state index is 13.4. The van der Waals surface area contributed by atoms with E-state index in [0.717, 1.165) is 0 Å². The lowest BCUT2D eigenvalue weighted by Gasteiger charge is -2.45. The average molecular weight is 676 g/mol. The van der Waals surface area contributed by atoms with Gasteiger partial charge in [0.25, 0.3) is 5.91 Å². The van der Waals surface area contributed by atoms with Gasteiger partial charge in [0, 0.05) is 18.2 Å². The van der Waals surface area contributed by atoms with Gasteiger partial charge in [0.05, 0.1) is 26.1 Å². The SMILES string of the molecule is C=C(/C=C\N=C(/C)C(N)=O)[C@@H]1O[C@@H]2CO[P@](=O)(S)OC[C@@H]3[C@@H](CO[P@@](=O)(S)O[C@@H]1[C@@H]2O)C[C@H]3n1cnc2c(N)ncnc21. The number of aliphatic hydroxyl groups is 1. The monoisotopic (exact) mass is 675 g/mol. The van der Waals surface area contributed by atoms with Crippen LogP contribution >= 0.6 is 38.1 Å². The smallest absolute Gasteiger partial charge is 0.386 e. The fourth-order valence-corrected chi connectivity index (χ4v) is 7.78. The Labute approximate surface area is 256 Å². The molecule has 20 heteroatoms. The Morgan fingerprint density at radius 2 is 1.91 bits per heavy atom. The topological polar surface area (TPSA) is 226 Å². The predicted molar refractivity (Wildman–Crippen MR) is 162 cm³/mol. The summed E-state index contributed by atoms with van der Waals surface area (Å²) in [5.74, 6) is -1.02. The molecule has 43 heavy (non-hydrogen) atoms. The van der Waals surface area contributed by atoms with Crippen molar-refractivity contribution in [3.63, 3.8) is 0 Å². The van der Waals surface area contributed by atoms with Crippen molar-refractivity contribution in [3.05, 3.63) is 37.1 Å². The van der Waals surface area contributed by atoms with E-state index in [9.17, 15) is 19.0 Å². The van der Waals surface area contributed by atoms with E-state index < -0.39 is 50.5 Å². The Hall–Kier alpha value is -2.11. The van der Waals surface area contributed by atoms with E-state index in [4.69, 9.17) is 34.3 Å². The number of ether oxygens (including phenoxy) is 1. The van der Waals surface area contributed by atoms with Crippen LogP contribution in [-0.4, -0.2) is 80.5 Å². The van der Waals surface area contributed by atoms with Crippen molar-refractivity contribution in [1.29, 1.82) is 0 Å². The summed E-state index contributed by atoms with van der Waals surface area (Å²) in [5, 5.41) is 11.0. The highest BCUT2D eigenvalue weighted by molar-refractivity contribution is 8.44. The second-order valence-corrected chi connectivity index (χ2v) is 16.1. The molecule has 3 fully saturated rings. The molecule has 1 saturated carbocycles. The second-order valence-electron chi connectivity index (χ2n) is 10.3. The van der Waals surface area contributed by atoms with E-state index >= 15 is 0 Å². The van der Waals surface area contributed by atoms with Crippen LogP contribution in [0.3, 0.4) is 0 Å². The summed E-state index contributed by atoms with van der Waals surface area (Å²) in [4.78, 5) is 27.7. The lowest BCUT2D eigenvalue weighted by molar-refractivity contribution is -0.112. The zero-order valence-electron chi connectivity index (χ0n) is 22.8. The molecule has 16 nitrogen and oxygen atoms in total. The lowest BCUT2D eigenvalue weighted by Crippen LogP contribution is -2.43. The quantitative estimate of drug-likeness (QED) is 0.133. The van der Waals surface area contributed by atoms with Crippen molar-refractivity contribution in [1.82, 2.24) is 19.5 Å². The number of anilines is 1. The molecule has 2 bridgehead atoms. The fraction of sp³-hybridized carbons (Fsp3) is 0.522. The first-order valence-electron chi connectivity index (χ1n) is 13.0. The molecule has 0 unspecified atom stereocenters. The normalized spacial score (nSPS) is 37.5. The van der Waals surface area contributed by atoms with Crippen molar-refractivity contribution in [2.24, 2.45) is 22.6 Å². The van der Waals surface area contributed by atoms with Crippen molar-refractivity contribution in [3.8, 4) is 0 Å². The Balaban J connectivity index is 1.37. The minimum absolute atomic E-state index is 0.0500. The molecule has 2 aromatic heterocycles. The van der Waals surface area contributed by atoms with Crippen molar-refractivity contribution in [2.45, 2.75) is 43.8 Å². The Kier molecular flexibility index (Phi) is 9.55. The minimum Gasteiger partial charge on any atom is -0.387 e. The van der Waals surface area contributed by atoms with E-state index in [-0.39, 0.29) is 48.2 Å². The van der Waals surface area contributed by atoms with Crippen LogP contribution in [0.15, 0.2) is 42.1 Å². The molecule has 5 N–H and O–H groups in total. The zero-order chi connectivity index (χ0) is 31.1. The van der Waals surface area contributed by atoms with Crippen molar-refractivity contribution >= 4 is 66.7 Å². The van der Waals surface area contributed by atoms with Crippen LogP contribution in [0.25, 0.3) is 11.2 Å². The highest BCUT2D eigenvalue weighted by Crippen LogP contribution is 2.60. The van der Waals surface area contributed by atoms with Crippen LogP contribution in [0, 0.1) is 11.8 Å². The summed E-state index contributed by atoms with van der Waals surface area (Å²) < 4.78 is 56.7. The third-order valence-corrected chi connectivity index (χ3v) is 10.8. The molecule has 1 amide bonds. The molecule has 0 spiro atoms. The first kappa shape index (κ1) is 32.3. The van der Waals surface area contributed by atoms with Gasteiger partial charge in [0.1, 0.15) is 42.0 Å². The fourth-order valence-electron chi connectivity index (χ4n) is 5.10. The molecule has 5 rings (SSSR count). The molecular weight excluding hydrogens is 644 g/mol. The number of primary amides is 1. The zero-order valence-corrected chi connectivity index (χ0v) is 26.4. The first-order chi connectivity index (χ1) is 20.3. The Morgan fingerprint density at radius 1 is 1.19 bits per heavy atom. The van der Waals surface area contributed by atoms with Crippen LogP contribution in [0.4, 0.5) is 5.82 Å². The highest BCUT2D eigenvalue weighted by atomic mass is 32.7. The number of carbonyl (C=O) groups is 1. The summed E-state index contributed by atoms with van der Waals surface area (Å²) in [7, 11) is 0. The Bertz CT molecular complexity index is 1570. The summed E-state index contributed by atoms with van der Waals surface area (Å²) in [6.45, 7) is -3.20. The van der Waals surface area contributed by atoms with E-state index in [1.54, 1.807) is 6.33 Å². The van der Waals surface area contributed by atoms with Gasteiger partial charge in [0.2, 0.25) is 0 Å². The lowest BCUT2D eigenvalue weighted by atomic mass is 9.70. The molecule has 9 atom stereocenters. The van der Waals surface area contributed by atoms with E-state index in [2.05, 4.69) is 51.0 Å². The van der Waals surface area contributed by atoms with Crippen LogP contribution in [0.5, 0.6) is 0 Å². The third kappa shape index (κ3) is 7.09. The van der Waals surface area contributed by atoms with Crippen LogP contribution in [0.1, 0.15) is 19.4 Å². The van der Waals surface area contributed by atoms with Gasteiger partial charge in [0.15, 0.2) is 11.5 Å². The Morgan fingerprint density at radius 3 is 2.65 bits per heavy atom. The van der Waals surface area contributed by atoms with Gasteiger partial charge in [-0.05, 0) is 30.9 Å². The first-order valence-corrected chi connectivity index (χ1v) is 18.4. The maximum Gasteiger partial charge on any atom is 0.386 e. The number of hydrogen-bond donors (Lipinski definition) is 5. The molecule has 2 aliphatic heterocycles. The van der Waals surface area contributed by atoms with E-state index in [1.165, 1.54) is 25.5 Å². The van der Waals surface area contributed by atoms with Gasteiger partial charge in [-0.2, -0.15) is 0 Å². The molecule has 2 saturated heterocycles. The van der Waals surface area contributed by atoms with E-state index in [0.29, 0.717) is 17.6 Å². The van der Waals surface area contributed by atoms with Gasteiger partial charge in [-0.1, -0.05) is 31.1 Å². The number of aromatic nitrogens is 4. The number of imidazole rings is 1. The molecule has 234 valence electrons. The number of aliphatic hydroxyl groups excluding tert-OH is 1. The average Bonchev–Trinajstić information content (AvgIpc) is 3.48. The molecule has 0 radical (unpaired) electrons. The number of nitrogens with zero attached hydrogens (tertiary/aromatic N) is 5. The molecule has 4 heterocycles. The number of amides is 1. The number of nitrogen functional groups attached to an aromatic ring is 1. The van der Waals surface area contributed by atoms with Crippen LogP contribution in [-0.2, 0) is 36.8 Å². The van der Waals surface area contributed by atoms with Gasteiger partial charge >= 0.3 is 13.6 Å². The number of aliphatic imine (C=N–C) groups is 1. The van der Waals surface area contributed by atoms with Crippen LogP contribution in [0.2, 0.25) is 0 Å². The minimum atomic E-state index is -4.07. The third-order valence-electron chi connectivity index (χ3n) is 7.54. The summed E-state index contributed by atoms with van der Waals surface area (Å²) in [5.41, 5.74) is 12.4. The summed E-state index contributed by atoms with van der Waals surface area (Å²) in [6, 6.07) is -0.212. The van der Waals surface area contributed by atoms with Crippen molar-refractivity contribution in [2.75, 3.05) is 25.6 Å². The summed E-state index contributed by atoms with van der Waals surface area (Å²) in [6.07, 6.45) is 1.26. The predicted octanol–water partition coefficient (Wildman–Crippen LogP) is 2.25. The van der Waals surface area contributed by atoms with Crippen molar-refractivity contribution < 1.29 is 41.9 Å². The molecule has 0 aromatic carbocycles. The number of nitrogens with two attached hydrogens (primary N) is 2. The number of hydrogen-bond acceptors (Lipinski definition) is 14. The van der Waals surface area contributed by atoms with Gasteiger partial charge in [-0.25, -0.2) is 24.1 Å². The van der Waals surface area contributed by atoms with Gasteiger partial charge in [-0.15, -0.1) is 0 Å². The highest BCUT2D eigenvalue weighted by Gasteiger charge is 2.50. The number of rotatable bonds is 5. The number of carbonyl (C=O) groups excluding carboxylic acids is 1. The van der Waals surface area contributed by atoms with Gasteiger partial charge < -0.3 is 34.9 Å². The molecular formula is C23H31N7O9P2S2. The largest absolute Gasteiger partial charge is 0.387 e. The standard InChI is InChI=1S/C23H31N7O9P2S2/c1-11(3-4-26-12(2)22(25)32)19-20-18(31)16(38-19)8-37-40(33,42)36-7-14-13(6-35-41(34,43)39-20)5-15(14)30-10-29-17-21(24)27-9-28-23(17)30/h3-4,9-10,13-16,18-20,31H,1,5-8H2,2H3,(H2,25,32)(H,33,42)(H,34,43)(H2,24,27,28)/b4-3-,26-12+/t13-,14-,15-,16-,18-,19+,20-,40-,41-/m1/s1. The maximum absolute atomic E-state index is 13.4. The van der Waals surface area contributed by atoms with Crippen LogP contribution < -0.4 is 11.5 Å². The van der Waals surface area contributed by atoms with E-state index in [1.807, 2.05) is 4.57 Å². The molecule has 2 aromatic rings. The molecule has 3 aliphatic rings. The second kappa shape index (κ2) is 12.7. The summed E-state index contributed by atoms with van der Waals surface area (Å²) >= 11 is 8.26.